The van der Waals surface area contributed by atoms with Gasteiger partial charge in [0.2, 0.25) is 5.95 Å². The van der Waals surface area contributed by atoms with Crippen LogP contribution in [0.4, 0.5) is 5.95 Å². The van der Waals surface area contributed by atoms with E-state index in [0.717, 1.165) is 4.47 Å². The number of nitrogens with one attached hydrogen (secondary N) is 1. The molecule has 1 aromatic carbocycles. The SMILES string of the molecule is CNc1nc(Oc2ccc(Br)cc2Cl)nc(OC(C)C)n1. The Morgan fingerprint density at radius 3 is 2.52 bits per heavy atom. The van der Waals surface area contributed by atoms with Gasteiger partial charge in [0.25, 0.3) is 0 Å². The Morgan fingerprint density at radius 2 is 1.90 bits per heavy atom. The maximum absolute atomic E-state index is 6.10. The summed E-state index contributed by atoms with van der Waals surface area (Å²) in [6, 6.07) is 5.55. The molecule has 0 saturated carbocycles. The lowest BCUT2D eigenvalue weighted by Gasteiger charge is -2.11. The Morgan fingerprint density at radius 1 is 1.19 bits per heavy atom. The molecule has 112 valence electrons. The summed E-state index contributed by atoms with van der Waals surface area (Å²) in [6.45, 7) is 3.77. The highest BCUT2D eigenvalue weighted by Crippen LogP contribution is 2.31. The number of halogens is 2. The van der Waals surface area contributed by atoms with E-state index >= 15 is 0 Å². The summed E-state index contributed by atoms with van der Waals surface area (Å²) in [4.78, 5) is 12.3. The second-order valence-electron chi connectivity index (χ2n) is 4.32. The van der Waals surface area contributed by atoms with Crippen molar-refractivity contribution in [2.24, 2.45) is 0 Å². The lowest BCUT2D eigenvalue weighted by atomic mass is 10.3. The first-order valence-electron chi connectivity index (χ1n) is 6.21. The monoisotopic (exact) mass is 372 g/mol. The Kier molecular flexibility index (Phi) is 5.19. The van der Waals surface area contributed by atoms with E-state index in [4.69, 9.17) is 21.1 Å². The fourth-order valence-corrected chi connectivity index (χ4v) is 2.13. The van der Waals surface area contributed by atoms with Gasteiger partial charge in [0.15, 0.2) is 0 Å². The van der Waals surface area contributed by atoms with Crippen LogP contribution < -0.4 is 14.8 Å². The average molecular weight is 374 g/mol. The van der Waals surface area contributed by atoms with Gasteiger partial charge < -0.3 is 14.8 Å². The third kappa shape index (κ3) is 4.44. The fourth-order valence-electron chi connectivity index (χ4n) is 1.42. The zero-order valence-corrected chi connectivity index (χ0v) is 14.1. The van der Waals surface area contributed by atoms with Gasteiger partial charge in [0.1, 0.15) is 5.75 Å². The number of hydrogen-bond donors (Lipinski definition) is 1. The summed E-state index contributed by atoms with van der Waals surface area (Å²) in [5.41, 5.74) is 0. The molecule has 0 spiro atoms. The predicted molar refractivity (Wildman–Crippen MR) is 84.4 cm³/mol. The predicted octanol–water partition coefficient (Wildman–Crippen LogP) is 3.91. The number of benzene rings is 1. The first-order valence-corrected chi connectivity index (χ1v) is 7.38. The molecule has 2 aromatic rings. The van der Waals surface area contributed by atoms with Gasteiger partial charge in [-0.05, 0) is 32.0 Å². The van der Waals surface area contributed by atoms with Crippen molar-refractivity contribution < 1.29 is 9.47 Å². The maximum Gasteiger partial charge on any atom is 0.330 e. The fraction of sp³-hybridized carbons (Fsp3) is 0.308. The van der Waals surface area contributed by atoms with Gasteiger partial charge in [-0.25, -0.2) is 0 Å². The molecule has 0 radical (unpaired) electrons. The summed E-state index contributed by atoms with van der Waals surface area (Å²) in [6.07, 6.45) is -0.0544. The quantitative estimate of drug-likeness (QED) is 0.857. The second kappa shape index (κ2) is 6.91. The van der Waals surface area contributed by atoms with Crippen LogP contribution in [0.2, 0.25) is 5.02 Å². The van der Waals surface area contributed by atoms with E-state index in [0.29, 0.717) is 16.7 Å². The number of nitrogens with zero attached hydrogens (tertiary/aromatic N) is 3. The molecule has 1 N–H and O–H groups in total. The molecule has 1 heterocycles. The summed E-state index contributed by atoms with van der Waals surface area (Å²) in [5, 5.41) is 3.27. The minimum absolute atomic E-state index is 0.0544. The third-order valence-corrected chi connectivity index (χ3v) is 3.04. The molecular weight excluding hydrogens is 360 g/mol. The summed E-state index contributed by atoms with van der Waals surface area (Å²) in [5.74, 6) is 0.799. The van der Waals surface area contributed by atoms with Crippen molar-refractivity contribution in [2.45, 2.75) is 20.0 Å². The lowest BCUT2D eigenvalue weighted by molar-refractivity contribution is 0.218. The Labute approximate surface area is 136 Å². The largest absolute Gasteiger partial charge is 0.461 e. The molecule has 8 heteroatoms. The molecule has 0 amide bonds. The van der Waals surface area contributed by atoms with E-state index < -0.39 is 0 Å². The van der Waals surface area contributed by atoms with Crippen molar-refractivity contribution in [1.29, 1.82) is 0 Å². The van der Waals surface area contributed by atoms with Crippen LogP contribution in [0.25, 0.3) is 0 Å². The zero-order valence-electron chi connectivity index (χ0n) is 11.7. The van der Waals surface area contributed by atoms with Crippen LogP contribution in [0.3, 0.4) is 0 Å². The topological polar surface area (TPSA) is 69.2 Å². The van der Waals surface area contributed by atoms with E-state index in [2.05, 4.69) is 36.2 Å². The van der Waals surface area contributed by atoms with Gasteiger partial charge in [0, 0.05) is 11.5 Å². The molecular formula is C13H14BrClN4O2. The molecule has 0 aliphatic carbocycles. The summed E-state index contributed by atoms with van der Waals surface area (Å²) < 4.78 is 11.9. The van der Waals surface area contributed by atoms with E-state index in [1.807, 2.05) is 19.9 Å². The lowest BCUT2D eigenvalue weighted by Crippen LogP contribution is -2.11. The maximum atomic E-state index is 6.10. The molecule has 21 heavy (non-hydrogen) atoms. The van der Waals surface area contributed by atoms with E-state index in [1.165, 1.54) is 0 Å². The third-order valence-electron chi connectivity index (χ3n) is 2.25. The normalized spacial score (nSPS) is 10.6. The molecule has 6 nitrogen and oxygen atoms in total. The van der Waals surface area contributed by atoms with Crippen LogP contribution in [0.15, 0.2) is 22.7 Å². The van der Waals surface area contributed by atoms with Gasteiger partial charge >= 0.3 is 12.0 Å². The molecule has 0 fully saturated rings. The van der Waals surface area contributed by atoms with Crippen molar-refractivity contribution >= 4 is 33.5 Å². The number of ether oxygens (including phenoxy) is 2. The van der Waals surface area contributed by atoms with Gasteiger partial charge in [-0.2, -0.15) is 9.97 Å². The van der Waals surface area contributed by atoms with Crippen LogP contribution in [-0.2, 0) is 0 Å². The minimum atomic E-state index is -0.0544. The first-order chi connectivity index (χ1) is 9.97. The van der Waals surface area contributed by atoms with Crippen molar-refractivity contribution in [3.8, 4) is 17.8 Å². The Balaban J connectivity index is 2.29. The number of hydrogen-bond acceptors (Lipinski definition) is 6. The number of aromatic nitrogens is 3. The van der Waals surface area contributed by atoms with Gasteiger partial charge in [-0.1, -0.05) is 27.5 Å². The van der Waals surface area contributed by atoms with Gasteiger partial charge in [-0.15, -0.1) is 4.98 Å². The second-order valence-corrected chi connectivity index (χ2v) is 5.64. The minimum Gasteiger partial charge on any atom is -0.461 e. The van der Waals surface area contributed by atoms with Gasteiger partial charge in [-0.3, -0.25) is 0 Å². The highest BCUT2D eigenvalue weighted by molar-refractivity contribution is 9.10. The Bertz CT molecular complexity index is 640. The van der Waals surface area contributed by atoms with Crippen molar-refractivity contribution in [2.75, 3.05) is 12.4 Å². The molecule has 0 aliphatic heterocycles. The number of anilines is 1. The molecule has 0 unspecified atom stereocenters. The molecule has 0 saturated heterocycles. The van der Waals surface area contributed by atoms with E-state index in [-0.39, 0.29) is 18.1 Å². The van der Waals surface area contributed by atoms with E-state index in [1.54, 1.807) is 19.2 Å². The highest BCUT2D eigenvalue weighted by Gasteiger charge is 2.12. The standard InChI is InChI=1S/C13H14BrClN4O2/c1-7(2)20-12-17-11(16-3)18-13(19-12)21-10-5-4-8(14)6-9(10)15/h4-7H,1-3H3,(H,16,17,18,19). The van der Waals surface area contributed by atoms with Crippen molar-refractivity contribution in [3.05, 3.63) is 27.7 Å². The molecule has 1 aromatic heterocycles. The Hall–Kier alpha value is -1.60. The van der Waals surface area contributed by atoms with Crippen LogP contribution in [0.5, 0.6) is 17.8 Å². The van der Waals surface area contributed by atoms with Gasteiger partial charge in [0.05, 0.1) is 11.1 Å². The summed E-state index contributed by atoms with van der Waals surface area (Å²) in [7, 11) is 1.70. The number of rotatable bonds is 5. The van der Waals surface area contributed by atoms with Crippen LogP contribution in [0, 0.1) is 0 Å². The first kappa shape index (κ1) is 15.8. The van der Waals surface area contributed by atoms with Crippen LogP contribution in [-0.4, -0.2) is 28.1 Å². The molecule has 0 aliphatic rings. The van der Waals surface area contributed by atoms with Crippen molar-refractivity contribution in [1.82, 2.24) is 15.0 Å². The molecule has 0 atom stereocenters. The molecule has 0 bridgehead atoms. The summed E-state index contributed by atoms with van der Waals surface area (Å²) >= 11 is 9.44. The van der Waals surface area contributed by atoms with Crippen molar-refractivity contribution in [3.63, 3.8) is 0 Å². The van der Waals surface area contributed by atoms with E-state index in [9.17, 15) is 0 Å². The van der Waals surface area contributed by atoms with Crippen LogP contribution >= 0.6 is 27.5 Å². The molecule has 2 rings (SSSR count). The highest BCUT2D eigenvalue weighted by atomic mass is 79.9. The average Bonchev–Trinajstić information content (AvgIpc) is 2.41. The van der Waals surface area contributed by atoms with Crippen LogP contribution in [0.1, 0.15) is 13.8 Å². The zero-order chi connectivity index (χ0) is 15.4. The smallest absolute Gasteiger partial charge is 0.330 e.